The third kappa shape index (κ3) is 3.67. The number of hydrogen-bond donors (Lipinski definition) is 1. The molecule has 1 N–H and O–H groups in total. The standard InChI is InChI=1S/C19H21NO3S/c1-12-7-8-14-15(11-24-17(14)9-12)19(22)23-10-18(21)20-16-6-4-3-5-13(16)2/h3-6,11-12H,7-10H2,1-2H3,(H,20,21). The maximum atomic E-state index is 12.3. The van der Waals surface area contributed by atoms with Gasteiger partial charge in [0.25, 0.3) is 5.91 Å². The molecule has 0 radical (unpaired) electrons. The molecular formula is C19H21NO3S. The molecule has 3 rings (SSSR count). The van der Waals surface area contributed by atoms with Crippen molar-refractivity contribution in [2.75, 3.05) is 11.9 Å². The number of amides is 1. The van der Waals surface area contributed by atoms with Gasteiger partial charge in [-0.2, -0.15) is 0 Å². The molecule has 1 heterocycles. The fraction of sp³-hybridized carbons (Fsp3) is 0.368. The second kappa shape index (κ2) is 7.18. The van der Waals surface area contributed by atoms with Gasteiger partial charge in [-0.3, -0.25) is 4.79 Å². The second-order valence-electron chi connectivity index (χ2n) is 6.34. The van der Waals surface area contributed by atoms with Crippen molar-refractivity contribution in [3.05, 3.63) is 51.2 Å². The summed E-state index contributed by atoms with van der Waals surface area (Å²) < 4.78 is 5.21. The number of nitrogens with one attached hydrogen (secondary N) is 1. The summed E-state index contributed by atoms with van der Waals surface area (Å²) in [7, 11) is 0. The van der Waals surface area contributed by atoms with Crippen molar-refractivity contribution in [3.63, 3.8) is 0 Å². The van der Waals surface area contributed by atoms with Crippen molar-refractivity contribution in [2.24, 2.45) is 5.92 Å². The Morgan fingerprint density at radius 3 is 2.92 bits per heavy atom. The van der Waals surface area contributed by atoms with Gasteiger partial charge in [0.1, 0.15) is 0 Å². The second-order valence-corrected chi connectivity index (χ2v) is 7.30. The first kappa shape index (κ1) is 16.7. The maximum Gasteiger partial charge on any atom is 0.339 e. The van der Waals surface area contributed by atoms with Crippen molar-refractivity contribution in [3.8, 4) is 0 Å². The summed E-state index contributed by atoms with van der Waals surface area (Å²) in [5.41, 5.74) is 3.45. The first-order valence-corrected chi connectivity index (χ1v) is 9.04. The van der Waals surface area contributed by atoms with Crippen LogP contribution in [0.2, 0.25) is 0 Å². The molecule has 4 nitrogen and oxygen atoms in total. The zero-order valence-electron chi connectivity index (χ0n) is 13.9. The highest BCUT2D eigenvalue weighted by atomic mass is 32.1. The van der Waals surface area contributed by atoms with Gasteiger partial charge in [0, 0.05) is 15.9 Å². The molecule has 1 unspecified atom stereocenters. The van der Waals surface area contributed by atoms with Crippen LogP contribution in [0, 0.1) is 12.8 Å². The highest BCUT2D eigenvalue weighted by Gasteiger charge is 2.24. The molecule has 1 atom stereocenters. The number of hydrogen-bond acceptors (Lipinski definition) is 4. The third-order valence-electron chi connectivity index (χ3n) is 4.38. The summed E-state index contributed by atoms with van der Waals surface area (Å²) in [6, 6.07) is 7.50. The zero-order chi connectivity index (χ0) is 17.1. The molecule has 0 fully saturated rings. The Morgan fingerprint density at radius 1 is 1.33 bits per heavy atom. The average molecular weight is 343 g/mol. The predicted octanol–water partition coefficient (Wildman–Crippen LogP) is 3.98. The smallest absolute Gasteiger partial charge is 0.339 e. The van der Waals surface area contributed by atoms with Gasteiger partial charge in [0.05, 0.1) is 5.56 Å². The minimum Gasteiger partial charge on any atom is -0.452 e. The van der Waals surface area contributed by atoms with Gasteiger partial charge in [-0.15, -0.1) is 11.3 Å². The number of aryl methyl sites for hydroxylation is 1. The Hall–Kier alpha value is -2.14. The van der Waals surface area contributed by atoms with E-state index in [1.165, 1.54) is 4.88 Å². The van der Waals surface area contributed by atoms with E-state index in [1.807, 2.05) is 36.6 Å². The first-order valence-electron chi connectivity index (χ1n) is 8.16. The quantitative estimate of drug-likeness (QED) is 0.855. The molecular weight excluding hydrogens is 322 g/mol. The Balaban J connectivity index is 1.58. The number of ether oxygens (including phenoxy) is 1. The molecule has 1 aliphatic carbocycles. The summed E-state index contributed by atoms with van der Waals surface area (Å²) in [5, 5.41) is 4.63. The number of rotatable bonds is 4. The molecule has 126 valence electrons. The van der Waals surface area contributed by atoms with E-state index in [1.54, 1.807) is 11.3 Å². The Morgan fingerprint density at radius 2 is 2.12 bits per heavy atom. The lowest BCUT2D eigenvalue weighted by atomic mass is 9.88. The van der Waals surface area contributed by atoms with Crippen LogP contribution < -0.4 is 5.32 Å². The molecule has 24 heavy (non-hydrogen) atoms. The number of esters is 1. The van der Waals surface area contributed by atoms with Gasteiger partial charge in [0.15, 0.2) is 6.61 Å². The number of anilines is 1. The number of carbonyl (C=O) groups is 2. The lowest BCUT2D eigenvalue weighted by molar-refractivity contribution is -0.119. The Kier molecular flexibility index (Phi) is 5.00. The van der Waals surface area contributed by atoms with Crippen LogP contribution >= 0.6 is 11.3 Å². The van der Waals surface area contributed by atoms with Gasteiger partial charge >= 0.3 is 5.97 Å². The molecule has 0 aliphatic heterocycles. The predicted molar refractivity (Wildman–Crippen MR) is 95.6 cm³/mol. The summed E-state index contributed by atoms with van der Waals surface area (Å²) in [6.45, 7) is 3.88. The first-order chi connectivity index (χ1) is 11.5. The fourth-order valence-corrected chi connectivity index (χ4v) is 4.19. The van der Waals surface area contributed by atoms with E-state index in [4.69, 9.17) is 4.74 Å². The monoisotopic (exact) mass is 343 g/mol. The van der Waals surface area contributed by atoms with E-state index >= 15 is 0 Å². The van der Waals surface area contributed by atoms with E-state index in [2.05, 4.69) is 12.2 Å². The van der Waals surface area contributed by atoms with Crippen LogP contribution in [0.5, 0.6) is 0 Å². The molecule has 2 aromatic rings. The SMILES string of the molecule is Cc1ccccc1NC(=O)COC(=O)c1csc2c1CCC(C)C2. The molecule has 1 amide bonds. The molecule has 0 saturated heterocycles. The van der Waals surface area contributed by atoms with Gasteiger partial charge in [-0.25, -0.2) is 4.79 Å². The van der Waals surface area contributed by atoms with Crippen molar-refractivity contribution < 1.29 is 14.3 Å². The minimum absolute atomic E-state index is 0.270. The fourth-order valence-electron chi connectivity index (χ4n) is 2.96. The van der Waals surface area contributed by atoms with Crippen molar-refractivity contribution in [2.45, 2.75) is 33.1 Å². The van der Waals surface area contributed by atoms with Crippen molar-refractivity contribution in [1.82, 2.24) is 0 Å². The van der Waals surface area contributed by atoms with Crippen molar-refractivity contribution >= 4 is 28.9 Å². The van der Waals surface area contributed by atoms with E-state index in [9.17, 15) is 9.59 Å². The van der Waals surface area contributed by atoms with Crippen LogP contribution in [-0.4, -0.2) is 18.5 Å². The molecule has 0 saturated carbocycles. The molecule has 1 aromatic heterocycles. The number of carbonyl (C=O) groups excluding carboxylic acids is 2. The van der Waals surface area contributed by atoms with Gasteiger partial charge in [0.2, 0.25) is 0 Å². The highest BCUT2D eigenvalue weighted by molar-refractivity contribution is 7.10. The molecule has 0 bridgehead atoms. The van der Waals surface area contributed by atoms with Crippen LogP contribution in [0.25, 0.3) is 0 Å². The summed E-state index contributed by atoms with van der Waals surface area (Å²) >= 11 is 1.62. The number of benzene rings is 1. The lowest BCUT2D eigenvalue weighted by Crippen LogP contribution is -2.22. The van der Waals surface area contributed by atoms with Crippen LogP contribution in [0.4, 0.5) is 5.69 Å². The van der Waals surface area contributed by atoms with Crippen LogP contribution in [0.1, 0.15) is 39.7 Å². The molecule has 5 heteroatoms. The summed E-state index contributed by atoms with van der Waals surface area (Å²) in [4.78, 5) is 25.6. The normalized spacial score (nSPS) is 16.3. The minimum atomic E-state index is -0.401. The Bertz CT molecular complexity index is 766. The molecule has 1 aromatic carbocycles. The highest BCUT2D eigenvalue weighted by Crippen LogP contribution is 2.33. The van der Waals surface area contributed by atoms with E-state index in [0.717, 1.165) is 36.1 Å². The lowest BCUT2D eigenvalue weighted by Gasteiger charge is -2.18. The third-order valence-corrected chi connectivity index (χ3v) is 5.43. The van der Waals surface area contributed by atoms with E-state index in [0.29, 0.717) is 11.5 Å². The molecule has 0 spiro atoms. The topological polar surface area (TPSA) is 55.4 Å². The number of fused-ring (bicyclic) bond motifs is 1. The average Bonchev–Trinajstić information content (AvgIpc) is 2.98. The summed E-state index contributed by atoms with van der Waals surface area (Å²) in [5.74, 6) is -0.0581. The maximum absolute atomic E-state index is 12.3. The largest absolute Gasteiger partial charge is 0.452 e. The zero-order valence-corrected chi connectivity index (χ0v) is 14.7. The number of para-hydroxylation sites is 1. The van der Waals surface area contributed by atoms with Crippen LogP contribution in [0.15, 0.2) is 29.6 Å². The number of thiophene rings is 1. The van der Waals surface area contributed by atoms with Crippen molar-refractivity contribution in [1.29, 1.82) is 0 Å². The van der Waals surface area contributed by atoms with Gasteiger partial charge in [-0.05, 0) is 49.3 Å². The van der Waals surface area contributed by atoms with E-state index < -0.39 is 5.97 Å². The van der Waals surface area contributed by atoms with E-state index in [-0.39, 0.29) is 12.5 Å². The molecule has 1 aliphatic rings. The van der Waals surface area contributed by atoms with Gasteiger partial charge < -0.3 is 10.1 Å². The Labute approximate surface area is 145 Å². The van der Waals surface area contributed by atoms with Gasteiger partial charge in [-0.1, -0.05) is 25.1 Å². The van der Waals surface area contributed by atoms with Crippen LogP contribution in [0.3, 0.4) is 0 Å². The summed E-state index contributed by atoms with van der Waals surface area (Å²) in [6.07, 6.45) is 3.04. The van der Waals surface area contributed by atoms with Crippen LogP contribution in [-0.2, 0) is 22.4 Å².